The fourth-order valence-corrected chi connectivity index (χ4v) is 2.48. The summed E-state index contributed by atoms with van der Waals surface area (Å²) in [5.74, 6) is 0.859. The zero-order valence-electron chi connectivity index (χ0n) is 12.1. The Balaban J connectivity index is 2.20. The molecule has 1 aliphatic rings. The van der Waals surface area contributed by atoms with Crippen molar-refractivity contribution >= 4 is 5.91 Å². The molecular weight excluding hydrogens is 244 g/mol. The van der Waals surface area contributed by atoms with Crippen LogP contribution in [0, 0.1) is 0 Å². The SMILES string of the molecule is COc1nn(C)c2c1CCCN(C(=O)CN(C)C)C2. The predicted octanol–water partition coefficient (Wildman–Crippen LogP) is 0.265. The van der Waals surface area contributed by atoms with Crippen LogP contribution in [0.15, 0.2) is 0 Å². The highest BCUT2D eigenvalue weighted by Gasteiger charge is 2.25. The van der Waals surface area contributed by atoms with Crippen molar-refractivity contribution in [2.24, 2.45) is 7.05 Å². The van der Waals surface area contributed by atoms with E-state index >= 15 is 0 Å². The van der Waals surface area contributed by atoms with E-state index < -0.39 is 0 Å². The molecule has 2 rings (SSSR count). The maximum atomic E-state index is 12.2. The summed E-state index contributed by atoms with van der Waals surface area (Å²) in [4.78, 5) is 16.0. The summed E-state index contributed by atoms with van der Waals surface area (Å²) in [5, 5.41) is 4.35. The molecule has 0 unspecified atom stereocenters. The number of carbonyl (C=O) groups is 1. The minimum Gasteiger partial charge on any atom is -0.480 e. The summed E-state index contributed by atoms with van der Waals surface area (Å²) in [5.41, 5.74) is 2.23. The van der Waals surface area contributed by atoms with E-state index in [0.29, 0.717) is 19.0 Å². The minimum atomic E-state index is 0.165. The summed E-state index contributed by atoms with van der Waals surface area (Å²) < 4.78 is 7.13. The number of hydrogen-bond donors (Lipinski definition) is 0. The molecule has 0 aromatic carbocycles. The Morgan fingerprint density at radius 2 is 2.21 bits per heavy atom. The van der Waals surface area contributed by atoms with Crippen LogP contribution in [0.2, 0.25) is 0 Å². The highest BCUT2D eigenvalue weighted by atomic mass is 16.5. The van der Waals surface area contributed by atoms with Gasteiger partial charge in [0, 0.05) is 19.2 Å². The van der Waals surface area contributed by atoms with Gasteiger partial charge in [0.25, 0.3) is 0 Å². The van der Waals surface area contributed by atoms with E-state index in [1.54, 1.807) is 7.11 Å². The second kappa shape index (κ2) is 5.61. The third-order valence-electron chi connectivity index (χ3n) is 3.43. The molecule has 0 atom stereocenters. The number of aromatic nitrogens is 2. The van der Waals surface area contributed by atoms with Crippen molar-refractivity contribution in [2.45, 2.75) is 19.4 Å². The molecule has 2 heterocycles. The molecule has 0 radical (unpaired) electrons. The Bertz CT molecular complexity index is 467. The number of carbonyl (C=O) groups excluding carboxylic acids is 1. The van der Waals surface area contributed by atoms with Gasteiger partial charge in [-0.3, -0.25) is 9.48 Å². The van der Waals surface area contributed by atoms with Crippen LogP contribution in [-0.2, 0) is 24.8 Å². The van der Waals surface area contributed by atoms with Gasteiger partial charge in [0.1, 0.15) is 0 Å². The first-order valence-electron chi connectivity index (χ1n) is 6.54. The molecule has 1 aromatic heterocycles. The Morgan fingerprint density at radius 1 is 1.47 bits per heavy atom. The minimum absolute atomic E-state index is 0.165. The molecule has 0 aliphatic carbocycles. The van der Waals surface area contributed by atoms with Gasteiger partial charge in [-0.05, 0) is 26.9 Å². The lowest BCUT2D eigenvalue weighted by molar-refractivity contribution is -0.132. The van der Waals surface area contributed by atoms with Crippen LogP contribution >= 0.6 is 0 Å². The van der Waals surface area contributed by atoms with E-state index in [4.69, 9.17) is 4.74 Å². The lowest BCUT2D eigenvalue weighted by Crippen LogP contribution is -2.37. The first-order valence-corrected chi connectivity index (χ1v) is 6.54. The number of rotatable bonds is 3. The normalized spacial score (nSPS) is 15.3. The highest BCUT2D eigenvalue weighted by Crippen LogP contribution is 2.26. The molecule has 0 bridgehead atoms. The van der Waals surface area contributed by atoms with E-state index in [1.807, 2.05) is 35.6 Å². The second-order valence-corrected chi connectivity index (χ2v) is 5.21. The van der Waals surface area contributed by atoms with Gasteiger partial charge < -0.3 is 14.5 Å². The van der Waals surface area contributed by atoms with Crippen molar-refractivity contribution in [2.75, 3.05) is 34.3 Å². The number of likely N-dealkylation sites (N-methyl/N-ethyl adjacent to an activating group) is 1. The zero-order chi connectivity index (χ0) is 14.0. The summed E-state index contributed by atoms with van der Waals surface area (Å²) in [6.45, 7) is 1.86. The zero-order valence-corrected chi connectivity index (χ0v) is 12.1. The van der Waals surface area contributed by atoms with E-state index in [1.165, 1.54) is 0 Å². The first kappa shape index (κ1) is 13.9. The number of aryl methyl sites for hydroxylation is 1. The molecule has 1 aromatic rings. The van der Waals surface area contributed by atoms with Gasteiger partial charge in [-0.25, -0.2) is 0 Å². The lowest BCUT2D eigenvalue weighted by atomic mass is 10.1. The number of nitrogens with zero attached hydrogens (tertiary/aromatic N) is 4. The summed E-state index contributed by atoms with van der Waals surface area (Å²) in [7, 11) is 7.37. The number of fused-ring (bicyclic) bond motifs is 1. The van der Waals surface area contributed by atoms with Crippen LogP contribution in [-0.4, -0.2) is 59.8 Å². The molecule has 1 aliphatic heterocycles. The van der Waals surface area contributed by atoms with Gasteiger partial charge in [0.15, 0.2) is 0 Å². The molecule has 19 heavy (non-hydrogen) atoms. The van der Waals surface area contributed by atoms with Gasteiger partial charge >= 0.3 is 0 Å². The summed E-state index contributed by atoms with van der Waals surface area (Å²) in [6.07, 6.45) is 1.87. The van der Waals surface area contributed by atoms with Crippen LogP contribution in [0.5, 0.6) is 5.88 Å². The van der Waals surface area contributed by atoms with Crippen molar-refractivity contribution < 1.29 is 9.53 Å². The second-order valence-electron chi connectivity index (χ2n) is 5.21. The first-order chi connectivity index (χ1) is 9.02. The van der Waals surface area contributed by atoms with Crippen molar-refractivity contribution in [3.05, 3.63) is 11.3 Å². The predicted molar refractivity (Wildman–Crippen MR) is 72.1 cm³/mol. The van der Waals surface area contributed by atoms with Gasteiger partial charge in [0.05, 0.1) is 25.9 Å². The van der Waals surface area contributed by atoms with Gasteiger partial charge in [0.2, 0.25) is 11.8 Å². The smallest absolute Gasteiger partial charge is 0.237 e. The highest BCUT2D eigenvalue weighted by molar-refractivity contribution is 5.78. The van der Waals surface area contributed by atoms with E-state index in [-0.39, 0.29) is 5.91 Å². The van der Waals surface area contributed by atoms with Crippen LogP contribution < -0.4 is 4.74 Å². The van der Waals surface area contributed by atoms with Crippen LogP contribution in [0.25, 0.3) is 0 Å². The third kappa shape index (κ3) is 2.89. The average Bonchev–Trinajstić information content (AvgIpc) is 2.53. The monoisotopic (exact) mass is 266 g/mol. The quantitative estimate of drug-likeness (QED) is 0.788. The Morgan fingerprint density at radius 3 is 2.84 bits per heavy atom. The molecule has 6 nitrogen and oxygen atoms in total. The number of methoxy groups -OCH3 is 1. The van der Waals surface area contributed by atoms with E-state index in [0.717, 1.165) is 30.6 Å². The van der Waals surface area contributed by atoms with Crippen LogP contribution in [0.4, 0.5) is 0 Å². The molecule has 6 heteroatoms. The Hall–Kier alpha value is -1.56. The van der Waals surface area contributed by atoms with E-state index in [9.17, 15) is 4.79 Å². The number of ether oxygens (including phenoxy) is 1. The Kier molecular flexibility index (Phi) is 4.09. The third-order valence-corrected chi connectivity index (χ3v) is 3.43. The molecule has 1 amide bonds. The van der Waals surface area contributed by atoms with Crippen LogP contribution in [0.1, 0.15) is 17.7 Å². The van der Waals surface area contributed by atoms with Gasteiger partial charge in [-0.1, -0.05) is 0 Å². The maximum absolute atomic E-state index is 12.2. The molecule has 106 valence electrons. The standard InChI is InChI=1S/C13H22N4O2/c1-15(2)9-12(18)17-7-5-6-10-11(8-17)16(3)14-13(10)19-4/h5-9H2,1-4H3. The fraction of sp³-hybridized carbons (Fsp3) is 0.692. The fourth-order valence-electron chi connectivity index (χ4n) is 2.48. The summed E-state index contributed by atoms with van der Waals surface area (Å²) in [6, 6.07) is 0. The van der Waals surface area contributed by atoms with Crippen LogP contribution in [0.3, 0.4) is 0 Å². The average molecular weight is 266 g/mol. The lowest BCUT2D eigenvalue weighted by Gasteiger charge is -2.22. The molecular formula is C13H22N4O2. The topological polar surface area (TPSA) is 50.6 Å². The van der Waals surface area contributed by atoms with Gasteiger partial charge in [-0.2, -0.15) is 0 Å². The van der Waals surface area contributed by atoms with E-state index in [2.05, 4.69) is 5.10 Å². The molecule has 0 saturated carbocycles. The van der Waals surface area contributed by atoms with Crippen molar-refractivity contribution in [3.63, 3.8) is 0 Å². The number of hydrogen-bond acceptors (Lipinski definition) is 4. The molecule has 0 spiro atoms. The molecule has 0 saturated heterocycles. The van der Waals surface area contributed by atoms with Crippen molar-refractivity contribution in [1.29, 1.82) is 0 Å². The van der Waals surface area contributed by atoms with Gasteiger partial charge in [-0.15, -0.1) is 5.10 Å². The Labute approximate surface area is 113 Å². The number of amides is 1. The molecule has 0 N–H and O–H groups in total. The van der Waals surface area contributed by atoms with Crippen molar-refractivity contribution in [3.8, 4) is 5.88 Å². The largest absolute Gasteiger partial charge is 0.480 e. The molecule has 0 fully saturated rings. The summed E-state index contributed by atoms with van der Waals surface area (Å²) >= 11 is 0. The maximum Gasteiger partial charge on any atom is 0.237 e. The van der Waals surface area contributed by atoms with Crippen molar-refractivity contribution in [1.82, 2.24) is 19.6 Å².